The Hall–Kier alpha value is -0.990. The van der Waals surface area contributed by atoms with Crippen molar-refractivity contribution in [2.75, 3.05) is 0 Å². The topological polar surface area (TPSA) is 0 Å². The Kier molecular flexibility index (Phi) is 2.61. The average molecular weight is 201 g/mol. The summed E-state index contributed by atoms with van der Waals surface area (Å²) in [5, 5.41) is 0. The molecule has 0 saturated carbocycles. The third kappa shape index (κ3) is 2.50. The van der Waals surface area contributed by atoms with Crippen molar-refractivity contribution < 1.29 is 13.2 Å². The molecule has 0 aliphatic carbocycles. The van der Waals surface area contributed by atoms with Crippen LogP contribution in [0.5, 0.6) is 0 Å². The van der Waals surface area contributed by atoms with Crippen molar-refractivity contribution in [3.8, 4) is 0 Å². The Balaban J connectivity index is 3.02. The Labute approximate surface area is 81.8 Å². The van der Waals surface area contributed by atoms with Crippen molar-refractivity contribution in [2.24, 2.45) is 0 Å². The molecule has 1 aromatic carbocycles. The van der Waals surface area contributed by atoms with Gasteiger partial charge < -0.3 is 0 Å². The van der Waals surface area contributed by atoms with Crippen LogP contribution >= 0.6 is 0 Å². The standard InChI is InChI=1S/C11H12F3/c1-10(2,3)8-4-6-9(7-5-8)11(12,13)14/h4-7H,1H2,2-3H3. The molecule has 0 amide bonds. The molecule has 0 aliphatic heterocycles. The van der Waals surface area contributed by atoms with Crippen LogP contribution in [0.15, 0.2) is 24.3 Å². The van der Waals surface area contributed by atoms with Crippen LogP contribution in [-0.2, 0) is 11.6 Å². The first-order valence-corrected chi connectivity index (χ1v) is 4.24. The number of benzene rings is 1. The third-order valence-corrected chi connectivity index (χ3v) is 1.99. The minimum absolute atomic E-state index is 0.357. The van der Waals surface area contributed by atoms with Crippen molar-refractivity contribution in [2.45, 2.75) is 25.4 Å². The molecule has 1 rings (SSSR count). The molecule has 0 spiro atoms. The van der Waals surface area contributed by atoms with Gasteiger partial charge in [0.15, 0.2) is 0 Å². The summed E-state index contributed by atoms with van der Waals surface area (Å²) in [5.74, 6) is 0. The van der Waals surface area contributed by atoms with Gasteiger partial charge in [0.25, 0.3) is 0 Å². The van der Waals surface area contributed by atoms with Gasteiger partial charge in [-0.25, -0.2) is 0 Å². The lowest BCUT2D eigenvalue weighted by molar-refractivity contribution is -0.137. The van der Waals surface area contributed by atoms with Crippen molar-refractivity contribution >= 4 is 0 Å². The Bertz CT molecular complexity index is 268. The van der Waals surface area contributed by atoms with Gasteiger partial charge in [-0.1, -0.05) is 26.0 Å². The summed E-state index contributed by atoms with van der Waals surface area (Å²) in [6, 6.07) is 5.11. The van der Waals surface area contributed by atoms with E-state index in [2.05, 4.69) is 6.92 Å². The van der Waals surface area contributed by atoms with E-state index < -0.39 is 11.7 Å². The Morgan fingerprint density at radius 1 is 0.929 bits per heavy atom. The first-order chi connectivity index (χ1) is 6.21. The van der Waals surface area contributed by atoms with Gasteiger partial charge in [0.1, 0.15) is 0 Å². The normalized spacial score (nSPS) is 13.0. The summed E-state index contributed by atoms with van der Waals surface area (Å²) in [4.78, 5) is 0. The van der Waals surface area contributed by atoms with E-state index in [1.807, 2.05) is 13.8 Å². The van der Waals surface area contributed by atoms with E-state index in [4.69, 9.17) is 0 Å². The van der Waals surface area contributed by atoms with Crippen LogP contribution < -0.4 is 0 Å². The zero-order valence-corrected chi connectivity index (χ0v) is 8.15. The van der Waals surface area contributed by atoms with Gasteiger partial charge in [0, 0.05) is 0 Å². The molecule has 0 aromatic heterocycles. The molecule has 0 saturated heterocycles. The lowest BCUT2D eigenvalue weighted by Gasteiger charge is -2.19. The van der Waals surface area contributed by atoms with Crippen LogP contribution in [0.2, 0.25) is 0 Å². The Morgan fingerprint density at radius 3 is 1.57 bits per heavy atom. The maximum atomic E-state index is 12.2. The Morgan fingerprint density at radius 2 is 1.29 bits per heavy atom. The van der Waals surface area contributed by atoms with Gasteiger partial charge in [0.2, 0.25) is 0 Å². The summed E-state index contributed by atoms with van der Waals surface area (Å²) in [5.41, 5.74) is -0.180. The smallest absolute Gasteiger partial charge is 0.166 e. The van der Waals surface area contributed by atoms with E-state index in [1.165, 1.54) is 12.1 Å². The van der Waals surface area contributed by atoms with Gasteiger partial charge >= 0.3 is 6.18 Å². The van der Waals surface area contributed by atoms with Crippen LogP contribution in [0, 0.1) is 6.92 Å². The maximum Gasteiger partial charge on any atom is 0.416 e. The second-order valence-corrected chi connectivity index (χ2v) is 3.96. The lowest BCUT2D eigenvalue weighted by atomic mass is 9.87. The molecule has 1 aromatic rings. The first-order valence-electron chi connectivity index (χ1n) is 4.24. The van der Waals surface area contributed by atoms with Crippen LogP contribution in [-0.4, -0.2) is 0 Å². The van der Waals surface area contributed by atoms with Crippen molar-refractivity contribution in [3.63, 3.8) is 0 Å². The molecule has 0 aliphatic rings. The molecule has 0 unspecified atom stereocenters. The summed E-state index contributed by atoms with van der Waals surface area (Å²) in [6.45, 7) is 7.56. The number of halogens is 3. The van der Waals surface area contributed by atoms with E-state index >= 15 is 0 Å². The molecular formula is C11H12F3. The zero-order chi connectivity index (χ0) is 11.0. The minimum atomic E-state index is -4.26. The lowest BCUT2D eigenvalue weighted by Crippen LogP contribution is -2.12. The van der Waals surface area contributed by atoms with Crippen LogP contribution in [0.1, 0.15) is 25.0 Å². The third-order valence-electron chi connectivity index (χ3n) is 1.99. The van der Waals surface area contributed by atoms with E-state index in [0.29, 0.717) is 0 Å². The van der Waals surface area contributed by atoms with E-state index in [-0.39, 0.29) is 5.41 Å². The van der Waals surface area contributed by atoms with Gasteiger partial charge in [-0.15, -0.1) is 0 Å². The molecule has 0 N–H and O–H groups in total. The predicted octanol–water partition coefficient (Wildman–Crippen LogP) is 3.82. The fourth-order valence-corrected chi connectivity index (χ4v) is 1.11. The highest BCUT2D eigenvalue weighted by Crippen LogP contribution is 2.31. The van der Waals surface area contributed by atoms with E-state index in [0.717, 1.165) is 17.7 Å². The first kappa shape index (κ1) is 11.1. The molecule has 0 nitrogen and oxygen atoms in total. The molecule has 0 fully saturated rings. The quantitative estimate of drug-likeness (QED) is 0.648. The van der Waals surface area contributed by atoms with Crippen LogP contribution in [0.25, 0.3) is 0 Å². The second-order valence-electron chi connectivity index (χ2n) is 3.96. The maximum absolute atomic E-state index is 12.2. The summed E-state index contributed by atoms with van der Waals surface area (Å²) in [7, 11) is 0. The summed E-state index contributed by atoms with van der Waals surface area (Å²) in [6.07, 6.45) is -4.26. The van der Waals surface area contributed by atoms with Crippen LogP contribution in [0.4, 0.5) is 13.2 Å². The number of hydrogen-bond donors (Lipinski definition) is 0. The number of alkyl halides is 3. The van der Waals surface area contributed by atoms with Gasteiger partial charge in [-0.2, -0.15) is 13.2 Å². The molecule has 0 heterocycles. The van der Waals surface area contributed by atoms with Gasteiger partial charge in [0.05, 0.1) is 5.56 Å². The monoisotopic (exact) mass is 201 g/mol. The van der Waals surface area contributed by atoms with E-state index in [9.17, 15) is 13.2 Å². The molecule has 14 heavy (non-hydrogen) atoms. The fourth-order valence-electron chi connectivity index (χ4n) is 1.11. The molecule has 0 bridgehead atoms. The van der Waals surface area contributed by atoms with Crippen molar-refractivity contribution in [3.05, 3.63) is 42.3 Å². The van der Waals surface area contributed by atoms with Gasteiger partial charge in [-0.3, -0.25) is 0 Å². The van der Waals surface area contributed by atoms with Crippen molar-refractivity contribution in [1.29, 1.82) is 0 Å². The van der Waals surface area contributed by atoms with Crippen molar-refractivity contribution in [1.82, 2.24) is 0 Å². The zero-order valence-electron chi connectivity index (χ0n) is 8.15. The highest BCUT2D eigenvalue weighted by molar-refractivity contribution is 5.30. The highest BCUT2D eigenvalue weighted by Gasteiger charge is 2.30. The second kappa shape index (κ2) is 3.30. The average Bonchev–Trinajstić information content (AvgIpc) is 2.01. The highest BCUT2D eigenvalue weighted by atomic mass is 19.4. The molecule has 3 heteroatoms. The molecule has 1 radical (unpaired) electrons. The van der Waals surface area contributed by atoms with Crippen LogP contribution in [0.3, 0.4) is 0 Å². The van der Waals surface area contributed by atoms with E-state index in [1.54, 1.807) is 0 Å². The number of hydrogen-bond acceptors (Lipinski definition) is 0. The fraction of sp³-hybridized carbons (Fsp3) is 0.364. The largest absolute Gasteiger partial charge is 0.416 e. The molecule has 0 atom stereocenters. The molecule has 77 valence electrons. The summed E-state index contributed by atoms with van der Waals surface area (Å²) < 4.78 is 36.6. The summed E-state index contributed by atoms with van der Waals surface area (Å²) >= 11 is 0. The minimum Gasteiger partial charge on any atom is -0.166 e. The molecular weight excluding hydrogens is 189 g/mol. The predicted molar refractivity (Wildman–Crippen MR) is 49.8 cm³/mol. The SMILES string of the molecule is [CH2]C(C)(C)c1ccc(C(F)(F)F)cc1. The van der Waals surface area contributed by atoms with Gasteiger partial charge in [-0.05, 0) is 30.0 Å². The number of rotatable bonds is 1.